The van der Waals surface area contributed by atoms with E-state index in [1.165, 1.54) is 29.5 Å². The quantitative estimate of drug-likeness (QED) is 0.300. The van der Waals surface area contributed by atoms with Crippen molar-refractivity contribution in [2.24, 2.45) is 0 Å². The highest BCUT2D eigenvalue weighted by Gasteiger charge is 2.15. The molecule has 1 aromatic carbocycles. The number of Topliss-reactive ketones (excluding diaryl/α,β-unsaturated/α-hetero) is 1. The van der Waals surface area contributed by atoms with Crippen LogP contribution in [0.3, 0.4) is 0 Å². The number of carbonyl (C=O) groups excluding carboxylic acids is 1. The zero-order valence-electron chi connectivity index (χ0n) is 11.6. The highest BCUT2D eigenvalue weighted by molar-refractivity contribution is 7.08. The lowest BCUT2D eigenvalue weighted by Crippen LogP contribution is -2.00. The van der Waals surface area contributed by atoms with Crippen molar-refractivity contribution < 1.29 is 9.72 Å². The summed E-state index contributed by atoms with van der Waals surface area (Å²) in [4.78, 5) is 22.7. The SMILES string of the molecule is CNc1ccc(C=C(C#N)C(=O)c2ccsc2)cc1[N+](=O)[O-]. The van der Waals surface area contributed by atoms with Crippen molar-refractivity contribution in [3.63, 3.8) is 0 Å². The summed E-state index contributed by atoms with van der Waals surface area (Å²) in [5.74, 6) is -0.399. The molecule has 0 unspecified atom stereocenters. The smallest absolute Gasteiger partial charge is 0.292 e. The Balaban J connectivity index is 2.42. The first-order chi connectivity index (χ1) is 10.6. The van der Waals surface area contributed by atoms with Gasteiger partial charge < -0.3 is 5.32 Å². The first-order valence-corrected chi connectivity index (χ1v) is 7.16. The van der Waals surface area contributed by atoms with Gasteiger partial charge in [0.15, 0.2) is 0 Å². The lowest BCUT2D eigenvalue weighted by Gasteiger charge is -2.03. The van der Waals surface area contributed by atoms with E-state index in [9.17, 15) is 14.9 Å². The number of nitrogens with zero attached hydrogens (tertiary/aromatic N) is 2. The Hall–Kier alpha value is -2.98. The number of benzene rings is 1. The van der Waals surface area contributed by atoms with Gasteiger partial charge in [-0.3, -0.25) is 14.9 Å². The van der Waals surface area contributed by atoms with Crippen LogP contribution in [-0.4, -0.2) is 17.8 Å². The molecule has 0 atom stereocenters. The lowest BCUT2D eigenvalue weighted by atomic mass is 10.0. The molecule has 1 heterocycles. The van der Waals surface area contributed by atoms with Gasteiger partial charge in [-0.05, 0) is 29.2 Å². The van der Waals surface area contributed by atoms with Gasteiger partial charge in [0.25, 0.3) is 5.69 Å². The number of carbonyl (C=O) groups is 1. The van der Waals surface area contributed by atoms with E-state index < -0.39 is 10.7 Å². The van der Waals surface area contributed by atoms with Gasteiger partial charge in [-0.2, -0.15) is 16.6 Å². The van der Waals surface area contributed by atoms with Crippen LogP contribution in [0.15, 0.2) is 40.6 Å². The molecule has 0 saturated carbocycles. The van der Waals surface area contributed by atoms with Crippen molar-refractivity contribution in [3.8, 4) is 6.07 Å². The van der Waals surface area contributed by atoms with Crippen LogP contribution in [0.4, 0.5) is 11.4 Å². The number of nitro benzene ring substituents is 1. The first kappa shape index (κ1) is 15.4. The molecule has 2 aromatic rings. The maximum absolute atomic E-state index is 12.2. The molecule has 7 heteroatoms. The lowest BCUT2D eigenvalue weighted by molar-refractivity contribution is -0.383. The van der Waals surface area contributed by atoms with Crippen LogP contribution in [0.1, 0.15) is 15.9 Å². The van der Waals surface area contributed by atoms with E-state index in [-0.39, 0.29) is 11.3 Å². The number of hydrogen-bond donors (Lipinski definition) is 1. The molecule has 0 aliphatic heterocycles. The Morgan fingerprint density at radius 3 is 2.77 bits per heavy atom. The number of rotatable bonds is 5. The predicted molar refractivity (Wildman–Crippen MR) is 84.9 cm³/mol. The zero-order valence-corrected chi connectivity index (χ0v) is 12.4. The van der Waals surface area contributed by atoms with Crippen molar-refractivity contribution >= 4 is 34.6 Å². The number of thiophene rings is 1. The van der Waals surface area contributed by atoms with Crippen LogP contribution in [0.5, 0.6) is 0 Å². The van der Waals surface area contributed by atoms with Crippen LogP contribution in [-0.2, 0) is 0 Å². The molecule has 1 N–H and O–H groups in total. The minimum absolute atomic E-state index is 0.0649. The van der Waals surface area contributed by atoms with Gasteiger partial charge in [0.1, 0.15) is 17.3 Å². The Morgan fingerprint density at radius 2 is 2.23 bits per heavy atom. The van der Waals surface area contributed by atoms with Crippen LogP contribution in [0, 0.1) is 21.4 Å². The minimum Gasteiger partial charge on any atom is -0.383 e. The van der Waals surface area contributed by atoms with Gasteiger partial charge in [0.2, 0.25) is 5.78 Å². The van der Waals surface area contributed by atoms with Gasteiger partial charge in [0, 0.05) is 24.1 Å². The maximum atomic E-state index is 12.2. The summed E-state index contributed by atoms with van der Waals surface area (Å²) in [6, 6.07) is 7.94. The summed E-state index contributed by atoms with van der Waals surface area (Å²) in [7, 11) is 1.58. The Kier molecular flexibility index (Phi) is 4.66. The molecule has 0 saturated heterocycles. The van der Waals surface area contributed by atoms with Crippen LogP contribution >= 0.6 is 11.3 Å². The summed E-state index contributed by atoms with van der Waals surface area (Å²) in [5.41, 5.74) is 1.04. The monoisotopic (exact) mass is 313 g/mol. The number of nitrogens with one attached hydrogen (secondary N) is 1. The molecule has 0 aliphatic carbocycles. The number of ketones is 1. The number of nitriles is 1. The van der Waals surface area contributed by atoms with Crippen LogP contribution < -0.4 is 5.32 Å². The summed E-state index contributed by atoms with van der Waals surface area (Å²) >= 11 is 1.36. The number of allylic oxidation sites excluding steroid dienone is 1. The van der Waals surface area contributed by atoms with Gasteiger partial charge in [-0.1, -0.05) is 6.07 Å². The second-order valence-corrected chi connectivity index (χ2v) is 5.07. The summed E-state index contributed by atoms with van der Waals surface area (Å²) in [6.45, 7) is 0. The fourth-order valence-electron chi connectivity index (χ4n) is 1.87. The standard InChI is InChI=1S/C15H11N3O3S/c1-17-13-3-2-10(7-14(13)18(20)21)6-12(8-16)15(19)11-4-5-22-9-11/h2-7,9,17H,1H3. The molecule has 2 rings (SSSR count). The molecule has 110 valence electrons. The first-order valence-electron chi connectivity index (χ1n) is 6.21. The van der Waals surface area contributed by atoms with E-state index in [1.807, 2.05) is 6.07 Å². The topological polar surface area (TPSA) is 96.0 Å². The molecule has 6 nitrogen and oxygen atoms in total. The molecule has 0 bridgehead atoms. The number of anilines is 1. The molecule has 0 spiro atoms. The van der Waals surface area contributed by atoms with E-state index in [0.717, 1.165) is 0 Å². The molecule has 0 amide bonds. The highest BCUT2D eigenvalue weighted by atomic mass is 32.1. The highest BCUT2D eigenvalue weighted by Crippen LogP contribution is 2.26. The largest absolute Gasteiger partial charge is 0.383 e. The average molecular weight is 313 g/mol. The Labute approximate surface area is 130 Å². The van der Waals surface area contributed by atoms with Gasteiger partial charge in [-0.25, -0.2) is 0 Å². The van der Waals surface area contributed by atoms with Crippen molar-refractivity contribution in [3.05, 3.63) is 61.8 Å². The second kappa shape index (κ2) is 6.65. The normalized spacial score (nSPS) is 10.8. The minimum atomic E-state index is -0.518. The number of nitro groups is 1. The zero-order chi connectivity index (χ0) is 16.1. The van der Waals surface area contributed by atoms with Crippen molar-refractivity contribution in [1.29, 1.82) is 5.26 Å². The average Bonchev–Trinajstić information content (AvgIpc) is 3.06. The van der Waals surface area contributed by atoms with Gasteiger partial charge in [-0.15, -0.1) is 0 Å². The van der Waals surface area contributed by atoms with Crippen molar-refractivity contribution in [1.82, 2.24) is 0 Å². The summed E-state index contributed by atoms with van der Waals surface area (Å²) < 4.78 is 0. The third-order valence-corrected chi connectivity index (χ3v) is 3.63. The van der Waals surface area contributed by atoms with E-state index in [4.69, 9.17) is 5.26 Å². The van der Waals surface area contributed by atoms with E-state index in [2.05, 4.69) is 5.32 Å². The second-order valence-electron chi connectivity index (χ2n) is 4.29. The van der Waals surface area contributed by atoms with E-state index >= 15 is 0 Å². The van der Waals surface area contributed by atoms with Gasteiger partial charge >= 0.3 is 0 Å². The third kappa shape index (κ3) is 3.19. The Morgan fingerprint density at radius 1 is 1.45 bits per heavy atom. The van der Waals surface area contributed by atoms with Crippen molar-refractivity contribution in [2.45, 2.75) is 0 Å². The molecule has 22 heavy (non-hydrogen) atoms. The molecule has 0 radical (unpaired) electrons. The summed E-state index contributed by atoms with van der Waals surface area (Å²) in [6.07, 6.45) is 1.35. The third-order valence-electron chi connectivity index (χ3n) is 2.95. The molecule has 1 aromatic heterocycles. The molecular weight excluding hydrogens is 302 g/mol. The molecular formula is C15H11N3O3S. The summed E-state index contributed by atoms with van der Waals surface area (Å²) in [5, 5.41) is 26.3. The van der Waals surface area contributed by atoms with Crippen LogP contribution in [0.2, 0.25) is 0 Å². The van der Waals surface area contributed by atoms with E-state index in [1.54, 1.807) is 29.9 Å². The van der Waals surface area contributed by atoms with Gasteiger partial charge in [0.05, 0.1) is 4.92 Å². The fraction of sp³-hybridized carbons (Fsp3) is 0.0667. The molecule has 0 fully saturated rings. The van der Waals surface area contributed by atoms with E-state index in [0.29, 0.717) is 16.8 Å². The number of hydrogen-bond acceptors (Lipinski definition) is 6. The van der Waals surface area contributed by atoms with Crippen molar-refractivity contribution in [2.75, 3.05) is 12.4 Å². The van der Waals surface area contributed by atoms with Crippen LogP contribution in [0.25, 0.3) is 6.08 Å². The predicted octanol–water partition coefficient (Wildman–Crippen LogP) is 3.49. The molecule has 0 aliphatic rings. The Bertz CT molecular complexity index is 789. The maximum Gasteiger partial charge on any atom is 0.292 e. The fourth-order valence-corrected chi connectivity index (χ4v) is 2.50.